The molecule has 1 aromatic carbocycles. The zero-order chi connectivity index (χ0) is 15.6. The smallest absolute Gasteiger partial charge is 0.382 e. The van der Waals surface area contributed by atoms with Crippen molar-refractivity contribution in [1.82, 2.24) is 0 Å². The first kappa shape index (κ1) is 16.1. The fraction of sp³-hybridized carbons (Fsp3) is 0.600. The predicted molar refractivity (Wildman–Crippen MR) is 74.0 cm³/mol. The highest BCUT2D eigenvalue weighted by atomic mass is 19.4. The van der Waals surface area contributed by atoms with E-state index in [-0.39, 0.29) is 11.6 Å². The SMILES string of the molecule is COC(O)c1cc(C(F)(F)F)cc(NC2CCCC2)c1C. The Morgan fingerprint density at radius 1 is 1.29 bits per heavy atom. The molecule has 0 aliphatic heterocycles. The molecule has 118 valence electrons. The highest BCUT2D eigenvalue weighted by molar-refractivity contribution is 5.58. The number of nitrogens with one attached hydrogen (secondary N) is 1. The van der Waals surface area contributed by atoms with Crippen LogP contribution in [-0.2, 0) is 10.9 Å². The molecule has 1 aliphatic carbocycles. The Bertz CT molecular complexity index is 496. The van der Waals surface area contributed by atoms with Crippen LogP contribution in [0.1, 0.15) is 48.7 Å². The first-order chi connectivity index (χ1) is 9.82. The molecule has 1 atom stereocenters. The fourth-order valence-electron chi connectivity index (χ4n) is 2.72. The molecule has 2 N–H and O–H groups in total. The zero-order valence-corrected chi connectivity index (χ0v) is 12.1. The van der Waals surface area contributed by atoms with Gasteiger partial charge in [0.25, 0.3) is 0 Å². The second kappa shape index (κ2) is 6.23. The number of halogens is 3. The van der Waals surface area contributed by atoms with Gasteiger partial charge in [-0.3, -0.25) is 0 Å². The van der Waals surface area contributed by atoms with E-state index in [2.05, 4.69) is 5.32 Å². The van der Waals surface area contributed by atoms with Crippen molar-refractivity contribution < 1.29 is 23.0 Å². The van der Waals surface area contributed by atoms with Crippen LogP contribution in [0.5, 0.6) is 0 Å². The molecule has 6 heteroatoms. The minimum atomic E-state index is -4.46. The average Bonchev–Trinajstić information content (AvgIpc) is 2.92. The van der Waals surface area contributed by atoms with E-state index >= 15 is 0 Å². The lowest BCUT2D eigenvalue weighted by molar-refractivity contribution is -0.138. The minimum Gasteiger partial charge on any atom is -0.382 e. The molecule has 0 bridgehead atoms. The van der Waals surface area contributed by atoms with Gasteiger partial charge in [-0.15, -0.1) is 0 Å². The third-order valence-electron chi connectivity index (χ3n) is 3.98. The molecule has 1 fully saturated rings. The van der Waals surface area contributed by atoms with Gasteiger partial charge in [-0.2, -0.15) is 13.2 Å². The van der Waals surface area contributed by atoms with Crippen LogP contribution in [0.2, 0.25) is 0 Å². The maximum Gasteiger partial charge on any atom is 0.416 e. The number of methoxy groups -OCH3 is 1. The van der Waals surface area contributed by atoms with Crippen LogP contribution in [0.4, 0.5) is 18.9 Å². The lowest BCUT2D eigenvalue weighted by atomic mass is 10.0. The summed E-state index contributed by atoms with van der Waals surface area (Å²) >= 11 is 0. The number of aliphatic hydroxyl groups is 1. The molecule has 1 unspecified atom stereocenters. The van der Waals surface area contributed by atoms with Crippen LogP contribution in [-0.4, -0.2) is 18.3 Å². The summed E-state index contributed by atoms with van der Waals surface area (Å²) in [5.41, 5.74) is 0.375. The highest BCUT2D eigenvalue weighted by Gasteiger charge is 2.33. The summed E-state index contributed by atoms with van der Waals surface area (Å²) < 4.78 is 43.8. The molecule has 3 nitrogen and oxygen atoms in total. The lowest BCUT2D eigenvalue weighted by Crippen LogP contribution is -2.18. The third-order valence-corrected chi connectivity index (χ3v) is 3.98. The number of anilines is 1. The predicted octanol–water partition coefficient (Wildman–Crippen LogP) is 4.01. The molecule has 0 aromatic heterocycles. The van der Waals surface area contributed by atoms with Gasteiger partial charge in [0.1, 0.15) is 0 Å². The standard InChI is InChI=1S/C15H20F3NO2/c1-9-12(14(20)21-2)7-10(15(16,17)18)8-13(9)19-11-5-3-4-6-11/h7-8,11,14,19-20H,3-6H2,1-2H3. The summed E-state index contributed by atoms with van der Waals surface area (Å²) in [4.78, 5) is 0. The number of hydrogen-bond acceptors (Lipinski definition) is 3. The van der Waals surface area contributed by atoms with Crippen molar-refractivity contribution in [2.24, 2.45) is 0 Å². The number of benzene rings is 1. The fourth-order valence-corrected chi connectivity index (χ4v) is 2.72. The van der Waals surface area contributed by atoms with Crippen molar-refractivity contribution in [2.75, 3.05) is 12.4 Å². The first-order valence-corrected chi connectivity index (χ1v) is 7.02. The van der Waals surface area contributed by atoms with Gasteiger partial charge in [-0.05, 0) is 37.5 Å². The molecular formula is C15H20F3NO2. The van der Waals surface area contributed by atoms with E-state index in [9.17, 15) is 18.3 Å². The monoisotopic (exact) mass is 303 g/mol. The van der Waals surface area contributed by atoms with Gasteiger partial charge in [0.05, 0.1) is 5.56 Å². The molecule has 0 radical (unpaired) electrons. The van der Waals surface area contributed by atoms with Gasteiger partial charge in [-0.1, -0.05) is 12.8 Å². The van der Waals surface area contributed by atoms with E-state index in [4.69, 9.17) is 4.74 Å². The molecule has 2 rings (SSSR count). The van der Waals surface area contributed by atoms with E-state index in [1.165, 1.54) is 7.11 Å². The zero-order valence-electron chi connectivity index (χ0n) is 12.1. The lowest BCUT2D eigenvalue weighted by Gasteiger charge is -2.22. The summed E-state index contributed by atoms with van der Waals surface area (Å²) in [6.45, 7) is 1.69. The van der Waals surface area contributed by atoms with Gasteiger partial charge >= 0.3 is 6.18 Å². The second-order valence-corrected chi connectivity index (χ2v) is 5.45. The van der Waals surface area contributed by atoms with E-state index < -0.39 is 18.0 Å². The van der Waals surface area contributed by atoms with E-state index in [0.717, 1.165) is 37.8 Å². The Morgan fingerprint density at radius 2 is 1.90 bits per heavy atom. The summed E-state index contributed by atoms with van der Waals surface area (Å²) in [5, 5.41) is 12.9. The number of hydrogen-bond donors (Lipinski definition) is 2. The first-order valence-electron chi connectivity index (χ1n) is 7.02. The van der Waals surface area contributed by atoms with Crippen molar-refractivity contribution >= 4 is 5.69 Å². The van der Waals surface area contributed by atoms with Crippen molar-refractivity contribution in [3.63, 3.8) is 0 Å². The topological polar surface area (TPSA) is 41.5 Å². The van der Waals surface area contributed by atoms with Crippen molar-refractivity contribution in [1.29, 1.82) is 0 Å². The number of ether oxygens (including phenoxy) is 1. The molecule has 21 heavy (non-hydrogen) atoms. The number of alkyl halides is 3. The molecule has 0 spiro atoms. The summed E-state index contributed by atoms with van der Waals surface area (Å²) in [6.07, 6.45) is -1.74. The van der Waals surface area contributed by atoms with Crippen LogP contribution < -0.4 is 5.32 Å². The average molecular weight is 303 g/mol. The second-order valence-electron chi connectivity index (χ2n) is 5.45. The van der Waals surface area contributed by atoms with Crippen molar-refractivity contribution in [3.05, 3.63) is 28.8 Å². The number of rotatable bonds is 4. The third kappa shape index (κ3) is 3.68. The largest absolute Gasteiger partial charge is 0.416 e. The quantitative estimate of drug-likeness (QED) is 0.826. The molecule has 0 heterocycles. The van der Waals surface area contributed by atoms with Crippen LogP contribution in [0.25, 0.3) is 0 Å². The van der Waals surface area contributed by atoms with Gasteiger partial charge in [0.15, 0.2) is 6.29 Å². The van der Waals surface area contributed by atoms with Crippen molar-refractivity contribution in [3.8, 4) is 0 Å². The summed E-state index contributed by atoms with van der Waals surface area (Å²) in [7, 11) is 1.26. The Labute approximate surface area is 122 Å². The molecule has 0 saturated heterocycles. The van der Waals surface area contributed by atoms with Crippen LogP contribution in [0.3, 0.4) is 0 Å². The Morgan fingerprint density at radius 3 is 2.43 bits per heavy atom. The normalized spacial score (nSPS) is 18.0. The van der Waals surface area contributed by atoms with E-state index in [1.807, 2.05) is 0 Å². The van der Waals surface area contributed by atoms with Gasteiger partial charge in [0, 0.05) is 24.4 Å². The minimum absolute atomic E-state index is 0.146. The maximum atomic E-state index is 13.0. The molecule has 1 saturated carbocycles. The molecule has 1 aliphatic rings. The van der Waals surface area contributed by atoms with Crippen LogP contribution in [0, 0.1) is 6.92 Å². The van der Waals surface area contributed by atoms with Crippen molar-refractivity contribution in [2.45, 2.75) is 51.1 Å². The van der Waals surface area contributed by atoms with Crippen LogP contribution >= 0.6 is 0 Å². The Hall–Kier alpha value is -1.27. The maximum absolute atomic E-state index is 13.0. The summed E-state index contributed by atoms with van der Waals surface area (Å²) in [5.74, 6) is 0. The van der Waals surface area contributed by atoms with Gasteiger partial charge < -0.3 is 15.2 Å². The molecular weight excluding hydrogens is 283 g/mol. The van der Waals surface area contributed by atoms with E-state index in [0.29, 0.717) is 11.3 Å². The highest BCUT2D eigenvalue weighted by Crippen LogP contribution is 2.37. The Balaban J connectivity index is 2.41. The number of aliphatic hydroxyl groups excluding tert-OH is 1. The molecule has 1 aromatic rings. The van der Waals surface area contributed by atoms with Gasteiger partial charge in [-0.25, -0.2) is 0 Å². The summed E-state index contributed by atoms with van der Waals surface area (Å²) in [6, 6.07) is 2.25. The van der Waals surface area contributed by atoms with E-state index in [1.54, 1.807) is 6.92 Å². The molecule has 0 amide bonds. The Kier molecular flexibility index (Phi) is 4.78. The van der Waals surface area contributed by atoms with Gasteiger partial charge in [0.2, 0.25) is 0 Å². The van der Waals surface area contributed by atoms with Crippen LogP contribution in [0.15, 0.2) is 12.1 Å².